The molecule has 4 rings (SSSR count). The summed E-state index contributed by atoms with van der Waals surface area (Å²) in [6.07, 6.45) is 6.72. The highest BCUT2D eigenvalue weighted by atomic mass is 35.5. The molecule has 6 nitrogen and oxygen atoms in total. The minimum absolute atomic E-state index is 0. The van der Waals surface area contributed by atoms with Crippen LogP contribution in [0.25, 0.3) is 11.4 Å². The summed E-state index contributed by atoms with van der Waals surface area (Å²) in [5, 5.41) is 0. The molecule has 0 saturated carbocycles. The fourth-order valence-corrected chi connectivity index (χ4v) is 4.21. The molecule has 3 heterocycles. The molecule has 0 unspecified atom stereocenters. The Balaban J connectivity index is 0.00000240. The van der Waals surface area contributed by atoms with Crippen LogP contribution in [0.4, 0.5) is 0 Å². The Morgan fingerprint density at radius 1 is 1.17 bits per heavy atom. The highest BCUT2D eigenvalue weighted by Gasteiger charge is 2.43. The van der Waals surface area contributed by atoms with Crippen molar-refractivity contribution in [3.05, 3.63) is 47.8 Å². The highest BCUT2D eigenvalue weighted by Crippen LogP contribution is 2.41. The van der Waals surface area contributed by atoms with Crippen molar-refractivity contribution in [3.63, 3.8) is 0 Å². The Hall–Kier alpha value is -2.02. The Bertz CT molecular complexity index is 823. The van der Waals surface area contributed by atoms with Gasteiger partial charge < -0.3 is 15.4 Å². The first kappa shape index (κ1) is 21.7. The van der Waals surface area contributed by atoms with Gasteiger partial charge in [-0.1, -0.05) is 30.3 Å². The van der Waals surface area contributed by atoms with E-state index in [-0.39, 0.29) is 18.3 Å². The first-order chi connectivity index (χ1) is 13.7. The van der Waals surface area contributed by atoms with E-state index in [9.17, 15) is 4.79 Å². The number of ether oxygens (including phenoxy) is 1. The van der Waals surface area contributed by atoms with Gasteiger partial charge in [0, 0.05) is 31.3 Å². The lowest BCUT2D eigenvalue weighted by molar-refractivity contribution is -0.141. The molecule has 0 aliphatic carbocycles. The number of amides is 1. The summed E-state index contributed by atoms with van der Waals surface area (Å²) in [6.45, 7) is 2.76. The molecule has 0 bridgehead atoms. The second kappa shape index (κ2) is 9.65. The molecule has 7 heteroatoms. The van der Waals surface area contributed by atoms with Gasteiger partial charge in [0.25, 0.3) is 0 Å². The fourth-order valence-electron chi connectivity index (χ4n) is 4.21. The van der Waals surface area contributed by atoms with Gasteiger partial charge >= 0.3 is 0 Å². The van der Waals surface area contributed by atoms with Crippen molar-refractivity contribution < 1.29 is 9.53 Å². The molecule has 1 amide bonds. The van der Waals surface area contributed by atoms with E-state index in [0.29, 0.717) is 32.7 Å². The molecule has 0 radical (unpaired) electrons. The van der Waals surface area contributed by atoms with E-state index in [4.69, 9.17) is 15.5 Å². The van der Waals surface area contributed by atoms with Gasteiger partial charge in [0.15, 0.2) is 5.82 Å². The van der Waals surface area contributed by atoms with Gasteiger partial charge in [-0.15, -0.1) is 12.4 Å². The molecule has 156 valence electrons. The van der Waals surface area contributed by atoms with Crippen molar-refractivity contribution in [2.45, 2.75) is 44.1 Å². The summed E-state index contributed by atoms with van der Waals surface area (Å²) in [5.41, 5.74) is 8.34. The number of fused-ring (bicyclic) bond motifs is 2. The Morgan fingerprint density at radius 2 is 1.93 bits per heavy atom. The lowest BCUT2D eigenvalue weighted by Gasteiger charge is -2.44. The number of rotatable bonds is 5. The Labute approximate surface area is 178 Å². The zero-order chi connectivity index (χ0) is 19.4. The lowest BCUT2D eigenvalue weighted by Crippen LogP contribution is -2.48. The van der Waals surface area contributed by atoms with Crippen LogP contribution in [0.3, 0.4) is 0 Å². The van der Waals surface area contributed by atoms with E-state index in [1.54, 1.807) is 0 Å². The smallest absolute Gasteiger partial charge is 0.222 e. The van der Waals surface area contributed by atoms with E-state index in [1.165, 1.54) is 5.56 Å². The average Bonchev–Trinajstić information content (AvgIpc) is 2.75. The molecule has 2 aromatic rings. The van der Waals surface area contributed by atoms with Gasteiger partial charge in [0.2, 0.25) is 5.91 Å². The molecule has 1 aromatic heterocycles. The molecular formula is C22H29ClN4O2. The van der Waals surface area contributed by atoms with Crippen molar-refractivity contribution in [2.24, 2.45) is 5.73 Å². The molecule has 1 aromatic carbocycles. The first-order valence-corrected chi connectivity index (χ1v) is 10.3. The van der Waals surface area contributed by atoms with Crippen molar-refractivity contribution in [1.29, 1.82) is 0 Å². The van der Waals surface area contributed by atoms with Crippen LogP contribution in [0, 0.1) is 0 Å². The van der Waals surface area contributed by atoms with Crippen LogP contribution in [-0.2, 0) is 21.6 Å². The van der Waals surface area contributed by atoms with Crippen LogP contribution < -0.4 is 5.73 Å². The second-order valence-corrected chi connectivity index (χ2v) is 7.65. The largest absolute Gasteiger partial charge is 0.368 e. The van der Waals surface area contributed by atoms with Crippen molar-refractivity contribution in [1.82, 2.24) is 14.9 Å². The molecule has 29 heavy (non-hydrogen) atoms. The summed E-state index contributed by atoms with van der Waals surface area (Å²) in [6, 6.07) is 10.0. The molecule has 1 fully saturated rings. The molecule has 0 atom stereocenters. The molecule has 1 saturated heterocycles. The minimum Gasteiger partial charge on any atom is -0.368 e. The number of hydrogen-bond donors (Lipinski definition) is 1. The van der Waals surface area contributed by atoms with Gasteiger partial charge in [0.1, 0.15) is 5.60 Å². The SMILES string of the molecule is Cl.NCCCCC(=O)N1CCC2(CC1)OCCc1cnc(-c3ccccc3)nc12. The maximum absolute atomic E-state index is 12.4. The third kappa shape index (κ3) is 4.60. The number of carbonyl (C=O) groups is 1. The van der Waals surface area contributed by atoms with E-state index in [1.807, 2.05) is 41.4 Å². The van der Waals surface area contributed by atoms with Gasteiger partial charge in [0.05, 0.1) is 12.3 Å². The molecule has 2 aliphatic rings. The zero-order valence-corrected chi connectivity index (χ0v) is 17.5. The number of benzene rings is 1. The van der Waals surface area contributed by atoms with Gasteiger partial charge in [-0.25, -0.2) is 9.97 Å². The maximum atomic E-state index is 12.4. The summed E-state index contributed by atoms with van der Waals surface area (Å²) in [7, 11) is 0. The van der Waals surface area contributed by atoms with E-state index in [0.717, 1.165) is 49.2 Å². The van der Waals surface area contributed by atoms with Crippen LogP contribution >= 0.6 is 12.4 Å². The third-order valence-electron chi connectivity index (χ3n) is 5.85. The Morgan fingerprint density at radius 3 is 2.66 bits per heavy atom. The van der Waals surface area contributed by atoms with E-state index in [2.05, 4.69) is 4.98 Å². The van der Waals surface area contributed by atoms with Crippen LogP contribution in [-0.4, -0.2) is 47.0 Å². The molecular weight excluding hydrogens is 388 g/mol. The number of likely N-dealkylation sites (tertiary alicyclic amines) is 1. The van der Waals surface area contributed by atoms with Crippen LogP contribution in [0.1, 0.15) is 43.4 Å². The zero-order valence-electron chi connectivity index (χ0n) is 16.7. The van der Waals surface area contributed by atoms with Crippen LogP contribution in [0.15, 0.2) is 36.5 Å². The number of nitrogens with zero attached hydrogens (tertiary/aromatic N) is 3. The van der Waals surface area contributed by atoms with Crippen LogP contribution in [0.5, 0.6) is 0 Å². The van der Waals surface area contributed by atoms with Crippen molar-refractivity contribution in [2.75, 3.05) is 26.2 Å². The van der Waals surface area contributed by atoms with E-state index < -0.39 is 5.60 Å². The molecule has 2 N–H and O–H groups in total. The standard InChI is InChI=1S/C22H28N4O2.ClH/c23-12-5-4-8-19(27)26-13-10-22(11-14-26)20-18(9-15-28-22)16-24-21(25-20)17-6-2-1-3-7-17;/h1-3,6-7,16H,4-5,8-15,23H2;1H. The molecule has 2 aliphatic heterocycles. The second-order valence-electron chi connectivity index (χ2n) is 7.65. The third-order valence-corrected chi connectivity index (χ3v) is 5.85. The summed E-state index contributed by atoms with van der Waals surface area (Å²) < 4.78 is 6.31. The number of halogens is 1. The Kier molecular flexibility index (Phi) is 7.22. The lowest BCUT2D eigenvalue weighted by atomic mass is 9.83. The normalized spacial score (nSPS) is 17.5. The number of nitrogens with two attached hydrogens (primary N) is 1. The number of carbonyl (C=O) groups excluding carboxylic acids is 1. The monoisotopic (exact) mass is 416 g/mol. The van der Waals surface area contributed by atoms with E-state index >= 15 is 0 Å². The molecule has 1 spiro atoms. The first-order valence-electron chi connectivity index (χ1n) is 10.3. The predicted molar refractivity (Wildman–Crippen MR) is 115 cm³/mol. The topological polar surface area (TPSA) is 81.3 Å². The predicted octanol–water partition coefficient (Wildman–Crippen LogP) is 3.08. The number of aromatic nitrogens is 2. The quantitative estimate of drug-likeness (QED) is 0.757. The van der Waals surface area contributed by atoms with Crippen molar-refractivity contribution in [3.8, 4) is 11.4 Å². The van der Waals surface area contributed by atoms with Gasteiger partial charge in [-0.3, -0.25) is 4.79 Å². The summed E-state index contributed by atoms with van der Waals surface area (Å²) >= 11 is 0. The summed E-state index contributed by atoms with van der Waals surface area (Å²) in [4.78, 5) is 23.9. The van der Waals surface area contributed by atoms with Crippen LogP contribution in [0.2, 0.25) is 0 Å². The highest BCUT2D eigenvalue weighted by molar-refractivity contribution is 5.85. The fraction of sp³-hybridized carbons (Fsp3) is 0.500. The minimum atomic E-state index is -0.395. The summed E-state index contributed by atoms with van der Waals surface area (Å²) in [5.74, 6) is 0.969. The number of piperidine rings is 1. The average molecular weight is 417 g/mol. The van der Waals surface area contributed by atoms with Gasteiger partial charge in [-0.05, 0) is 44.2 Å². The van der Waals surface area contributed by atoms with Gasteiger partial charge in [-0.2, -0.15) is 0 Å². The maximum Gasteiger partial charge on any atom is 0.222 e. The number of unbranched alkanes of at least 4 members (excludes halogenated alkanes) is 1. The number of hydrogen-bond acceptors (Lipinski definition) is 5. The van der Waals surface area contributed by atoms with Crippen molar-refractivity contribution >= 4 is 18.3 Å².